The Morgan fingerprint density at radius 2 is 2.11 bits per heavy atom. The third-order valence-electron chi connectivity index (χ3n) is 5.46. The molecule has 0 bridgehead atoms. The van der Waals surface area contributed by atoms with E-state index in [1.165, 1.54) is 0 Å². The normalized spacial score (nSPS) is 23.1. The van der Waals surface area contributed by atoms with Gasteiger partial charge in [0.25, 0.3) is 0 Å². The number of hydrogen-bond donors (Lipinski definition) is 1. The SMILES string of the molecule is Cn1ccnc1C1CNCCN1C(=O)C1CC(=O)N(Cc2ccccc2)C1. The maximum absolute atomic E-state index is 13.2. The van der Waals surface area contributed by atoms with E-state index in [-0.39, 0.29) is 23.8 Å². The van der Waals surface area contributed by atoms with E-state index in [0.717, 1.165) is 17.9 Å². The van der Waals surface area contributed by atoms with Crippen LogP contribution in [0.25, 0.3) is 0 Å². The van der Waals surface area contributed by atoms with Crippen LogP contribution in [0.3, 0.4) is 0 Å². The average Bonchev–Trinajstić information content (AvgIpc) is 3.28. The number of amides is 2. The molecule has 1 aromatic carbocycles. The Morgan fingerprint density at radius 3 is 2.85 bits per heavy atom. The fraction of sp³-hybridized carbons (Fsp3) is 0.450. The summed E-state index contributed by atoms with van der Waals surface area (Å²) in [5.41, 5.74) is 1.09. The molecule has 2 atom stereocenters. The Hall–Kier alpha value is -2.67. The van der Waals surface area contributed by atoms with Crippen LogP contribution in [-0.4, -0.2) is 57.3 Å². The van der Waals surface area contributed by atoms with Gasteiger partial charge in [0.2, 0.25) is 11.8 Å². The zero-order valence-corrected chi connectivity index (χ0v) is 15.5. The van der Waals surface area contributed by atoms with Crippen LogP contribution in [0.4, 0.5) is 0 Å². The van der Waals surface area contributed by atoms with Gasteiger partial charge in [-0.1, -0.05) is 30.3 Å². The maximum Gasteiger partial charge on any atom is 0.228 e. The van der Waals surface area contributed by atoms with Gasteiger partial charge >= 0.3 is 0 Å². The number of aromatic nitrogens is 2. The predicted molar refractivity (Wildman–Crippen MR) is 100 cm³/mol. The Labute approximate surface area is 159 Å². The number of piperazine rings is 1. The van der Waals surface area contributed by atoms with Crippen LogP contribution in [0.1, 0.15) is 23.9 Å². The van der Waals surface area contributed by atoms with Crippen LogP contribution in [0.2, 0.25) is 0 Å². The van der Waals surface area contributed by atoms with E-state index in [1.807, 2.05) is 53.0 Å². The monoisotopic (exact) mass is 367 g/mol. The molecule has 2 aliphatic heterocycles. The molecular formula is C20H25N5O2. The standard InChI is InChI=1S/C20H25N5O2/c1-23-9-8-22-19(23)17-12-21-7-10-25(17)20(27)16-11-18(26)24(14-16)13-15-5-3-2-4-6-15/h2-6,8-9,16-17,21H,7,10-14H2,1H3. The first-order valence-corrected chi connectivity index (χ1v) is 9.43. The molecular weight excluding hydrogens is 342 g/mol. The van der Waals surface area contributed by atoms with E-state index in [0.29, 0.717) is 32.6 Å². The number of benzene rings is 1. The number of likely N-dealkylation sites (tertiary alicyclic amines) is 1. The summed E-state index contributed by atoms with van der Waals surface area (Å²) in [4.78, 5) is 33.9. The van der Waals surface area contributed by atoms with E-state index in [4.69, 9.17) is 0 Å². The molecule has 7 nitrogen and oxygen atoms in total. The molecule has 4 rings (SSSR count). The van der Waals surface area contributed by atoms with Gasteiger partial charge in [-0.05, 0) is 5.56 Å². The Balaban J connectivity index is 1.47. The summed E-state index contributed by atoms with van der Waals surface area (Å²) in [7, 11) is 1.94. The maximum atomic E-state index is 13.2. The lowest BCUT2D eigenvalue weighted by atomic mass is 10.0. The number of nitrogens with one attached hydrogen (secondary N) is 1. The van der Waals surface area contributed by atoms with Crippen LogP contribution in [0.5, 0.6) is 0 Å². The second-order valence-corrected chi connectivity index (χ2v) is 7.31. The molecule has 2 aromatic rings. The molecule has 2 unspecified atom stereocenters. The lowest BCUT2D eigenvalue weighted by Gasteiger charge is -2.37. The lowest BCUT2D eigenvalue weighted by molar-refractivity contribution is -0.139. The molecule has 2 fully saturated rings. The quantitative estimate of drug-likeness (QED) is 0.873. The van der Waals surface area contributed by atoms with Gasteiger partial charge in [-0.25, -0.2) is 4.98 Å². The fourth-order valence-electron chi connectivity index (χ4n) is 4.03. The van der Waals surface area contributed by atoms with Gasteiger partial charge in [-0.15, -0.1) is 0 Å². The molecule has 2 amide bonds. The molecule has 3 heterocycles. The number of hydrogen-bond acceptors (Lipinski definition) is 4. The molecule has 1 N–H and O–H groups in total. The van der Waals surface area contributed by atoms with E-state index in [1.54, 1.807) is 11.1 Å². The van der Waals surface area contributed by atoms with Crippen molar-refractivity contribution >= 4 is 11.8 Å². The van der Waals surface area contributed by atoms with Gasteiger partial charge in [-0.2, -0.15) is 0 Å². The van der Waals surface area contributed by atoms with Gasteiger partial charge in [0.15, 0.2) is 0 Å². The summed E-state index contributed by atoms with van der Waals surface area (Å²) < 4.78 is 1.96. The van der Waals surface area contributed by atoms with Crippen LogP contribution < -0.4 is 5.32 Å². The highest BCUT2D eigenvalue weighted by Crippen LogP contribution is 2.27. The summed E-state index contributed by atoms with van der Waals surface area (Å²) in [6.45, 7) is 3.14. The second-order valence-electron chi connectivity index (χ2n) is 7.31. The van der Waals surface area contributed by atoms with E-state index < -0.39 is 0 Å². The first kappa shape index (κ1) is 17.7. The number of rotatable bonds is 4. The highest BCUT2D eigenvalue weighted by Gasteiger charge is 2.40. The Kier molecular flexibility index (Phi) is 4.94. The topological polar surface area (TPSA) is 70.5 Å². The van der Waals surface area contributed by atoms with Crippen molar-refractivity contribution in [2.45, 2.75) is 19.0 Å². The number of aryl methyl sites for hydroxylation is 1. The summed E-state index contributed by atoms with van der Waals surface area (Å²) in [5.74, 6) is 0.720. The molecule has 0 aliphatic carbocycles. The summed E-state index contributed by atoms with van der Waals surface area (Å²) in [6, 6.07) is 9.83. The minimum atomic E-state index is -0.276. The van der Waals surface area contributed by atoms with E-state index in [2.05, 4.69) is 10.3 Å². The summed E-state index contributed by atoms with van der Waals surface area (Å²) in [6.07, 6.45) is 3.95. The smallest absolute Gasteiger partial charge is 0.228 e. The number of carbonyl (C=O) groups excluding carboxylic acids is 2. The molecule has 0 radical (unpaired) electrons. The molecule has 142 valence electrons. The van der Waals surface area contributed by atoms with Crippen molar-refractivity contribution in [3.8, 4) is 0 Å². The van der Waals surface area contributed by atoms with Crippen molar-refractivity contribution in [1.29, 1.82) is 0 Å². The van der Waals surface area contributed by atoms with Crippen LogP contribution >= 0.6 is 0 Å². The van der Waals surface area contributed by atoms with Crippen LogP contribution in [-0.2, 0) is 23.2 Å². The number of carbonyl (C=O) groups is 2. The van der Waals surface area contributed by atoms with Crippen molar-refractivity contribution in [2.75, 3.05) is 26.2 Å². The minimum Gasteiger partial charge on any atom is -0.338 e. The Bertz CT molecular complexity index is 819. The van der Waals surface area contributed by atoms with E-state index >= 15 is 0 Å². The summed E-state index contributed by atoms with van der Waals surface area (Å²) in [5, 5.41) is 3.35. The first-order valence-electron chi connectivity index (χ1n) is 9.43. The zero-order chi connectivity index (χ0) is 18.8. The molecule has 1 aromatic heterocycles. The van der Waals surface area contributed by atoms with Gasteiger partial charge in [0.05, 0.1) is 5.92 Å². The van der Waals surface area contributed by atoms with Gasteiger partial charge in [0.1, 0.15) is 11.9 Å². The van der Waals surface area contributed by atoms with Crippen LogP contribution in [0.15, 0.2) is 42.7 Å². The second kappa shape index (κ2) is 7.52. The van der Waals surface area contributed by atoms with Crippen molar-refractivity contribution in [1.82, 2.24) is 24.7 Å². The lowest BCUT2D eigenvalue weighted by Crippen LogP contribution is -2.51. The molecule has 0 spiro atoms. The van der Waals surface area contributed by atoms with Crippen molar-refractivity contribution < 1.29 is 9.59 Å². The van der Waals surface area contributed by atoms with Crippen molar-refractivity contribution in [3.63, 3.8) is 0 Å². The highest BCUT2D eigenvalue weighted by atomic mass is 16.2. The first-order chi connectivity index (χ1) is 13.1. The molecule has 2 saturated heterocycles. The largest absolute Gasteiger partial charge is 0.338 e. The molecule has 7 heteroatoms. The molecule has 27 heavy (non-hydrogen) atoms. The van der Waals surface area contributed by atoms with Gasteiger partial charge in [-0.3, -0.25) is 9.59 Å². The minimum absolute atomic E-state index is 0.0564. The molecule has 2 aliphatic rings. The fourth-order valence-corrected chi connectivity index (χ4v) is 4.03. The highest BCUT2D eigenvalue weighted by molar-refractivity contribution is 5.89. The van der Waals surface area contributed by atoms with Gasteiger partial charge in [0, 0.05) is 58.6 Å². The third-order valence-corrected chi connectivity index (χ3v) is 5.46. The predicted octanol–water partition coefficient (Wildman–Crippen LogP) is 0.942. The number of imidazole rings is 1. The van der Waals surface area contributed by atoms with Gasteiger partial charge < -0.3 is 19.7 Å². The van der Waals surface area contributed by atoms with E-state index in [9.17, 15) is 9.59 Å². The summed E-state index contributed by atoms with van der Waals surface area (Å²) >= 11 is 0. The average molecular weight is 367 g/mol. The van der Waals surface area contributed by atoms with Crippen LogP contribution in [0, 0.1) is 5.92 Å². The third kappa shape index (κ3) is 3.60. The Morgan fingerprint density at radius 1 is 1.30 bits per heavy atom. The van der Waals surface area contributed by atoms with Crippen molar-refractivity contribution in [2.24, 2.45) is 13.0 Å². The molecule has 0 saturated carbocycles. The zero-order valence-electron chi connectivity index (χ0n) is 15.5. The number of nitrogens with zero attached hydrogens (tertiary/aromatic N) is 4. The van der Waals surface area contributed by atoms with Crippen molar-refractivity contribution in [3.05, 3.63) is 54.1 Å².